The number of aromatic nitrogens is 2. The summed E-state index contributed by atoms with van der Waals surface area (Å²) in [4.78, 5) is 22.7. The lowest BCUT2D eigenvalue weighted by Crippen LogP contribution is -2.28. The van der Waals surface area contributed by atoms with Gasteiger partial charge in [-0.2, -0.15) is 5.10 Å². The number of aliphatic hydroxyl groups is 1. The molecular formula is C16H20N4O4. The number of rotatable bonds is 7. The van der Waals surface area contributed by atoms with Crippen molar-refractivity contribution in [1.29, 1.82) is 0 Å². The second kappa shape index (κ2) is 7.69. The van der Waals surface area contributed by atoms with E-state index in [1.807, 2.05) is 6.92 Å². The summed E-state index contributed by atoms with van der Waals surface area (Å²) in [5.41, 5.74) is 1.50. The molecule has 1 atom stereocenters. The third-order valence-corrected chi connectivity index (χ3v) is 3.66. The lowest BCUT2D eigenvalue weighted by atomic mass is 10.1. The molecule has 8 heteroatoms. The van der Waals surface area contributed by atoms with Crippen LogP contribution in [0.1, 0.15) is 23.7 Å². The Hall–Kier alpha value is -2.74. The van der Waals surface area contributed by atoms with Gasteiger partial charge < -0.3 is 10.4 Å². The lowest BCUT2D eigenvalue weighted by Gasteiger charge is -2.11. The molecule has 1 aromatic heterocycles. The summed E-state index contributed by atoms with van der Waals surface area (Å²) in [6, 6.07) is 5.92. The third kappa shape index (κ3) is 4.17. The van der Waals surface area contributed by atoms with E-state index in [0.717, 1.165) is 0 Å². The van der Waals surface area contributed by atoms with Crippen molar-refractivity contribution in [2.45, 2.75) is 13.3 Å². The number of hydrogen-bond donors (Lipinski definition) is 2. The Morgan fingerprint density at radius 2 is 2.08 bits per heavy atom. The minimum Gasteiger partial charge on any atom is -0.396 e. The van der Waals surface area contributed by atoms with Crippen LogP contribution >= 0.6 is 0 Å². The van der Waals surface area contributed by atoms with Crippen molar-refractivity contribution in [1.82, 2.24) is 15.1 Å². The highest BCUT2D eigenvalue weighted by molar-refractivity contribution is 5.99. The normalized spacial score (nSPS) is 12.0. The van der Waals surface area contributed by atoms with Gasteiger partial charge in [0.2, 0.25) is 0 Å². The maximum Gasteiger partial charge on any atom is 0.269 e. The zero-order valence-electron chi connectivity index (χ0n) is 13.6. The highest BCUT2D eigenvalue weighted by Gasteiger charge is 2.18. The molecule has 0 spiro atoms. The maximum atomic E-state index is 12.4. The lowest BCUT2D eigenvalue weighted by molar-refractivity contribution is -0.384. The van der Waals surface area contributed by atoms with Gasteiger partial charge in [-0.1, -0.05) is 6.92 Å². The first-order valence-corrected chi connectivity index (χ1v) is 7.60. The molecule has 2 rings (SSSR count). The van der Waals surface area contributed by atoms with Crippen LogP contribution in [0.15, 0.2) is 30.5 Å². The van der Waals surface area contributed by atoms with Gasteiger partial charge in [0.1, 0.15) is 5.69 Å². The Kier molecular flexibility index (Phi) is 5.64. The fourth-order valence-electron chi connectivity index (χ4n) is 2.29. The Morgan fingerprint density at radius 3 is 2.67 bits per heavy atom. The summed E-state index contributed by atoms with van der Waals surface area (Å²) in [5, 5.41) is 26.7. The zero-order chi connectivity index (χ0) is 17.7. The predicted octanol–water partition coefficient (Wildman–Crippen LogP) is 1.74. The Bertz CT molecular complexity index is 724. The van der Waals surface area contributed by atoms with Crippen LogP contribution in [-0.4, -0.2) is 38.9 Å². The number of non-ortho nitro benzene ring substituents is 1. The molecule has 0 fully saturated rings. The molecule has 1 amide bonds. The highest BCUT2D eigenvalue weighted by Crippen LogP contribution is 2.24. The van der Waals surface area contributed by atoms with E-state index in [1.54, 1.807) is 25.4 Å². The maximum absolute atomic E-state index is 12.4. The monoisotopic (exact) mass is 332 g/mol. The zero-order valence-corrected chi connectivity index (χ0v) is 13.6. The second-order valence-electron chi connectivity index (χ2n) is 5.70. The molecule has 0 aliphatic carbocycles. The van der Waals surface area contributed by atoms with Gasteiger partial charge >= 0.3 is 0 Å². The molecule has 1 unspecified atom stereocenters. The van der Waals surface area contributed by atoms with E-state index in [0.29, 0.717) is 29.8 Å². The van der Waals surface area contributed by atoms with E-state index >= 15 is 0 Å². The van der Waals surface area contributed by atoms with Gasteiger partial charge in [-0.3, -0.25) is 19.6 Å². The van der Waals surface area contributed by atoms with Crippen molar-refractivity contribution in [3.63, 3.8) is 0 Å². The number of carbonyl (C=O) groups is 1. The molecule has 1 heterocycles. The molecule has 1 aromatic carbocycles. The summed E-state index contributed by atoms with van der Waals surface area (Å²) in [6.45, 7) is 2.48. The fraction of sp³-hybridized carbons (Fsp3) is 0.375. The summed E-state index contributed by atoms with van der Waals surface area (Å²) >= 11 is 0. The predicted molar refractivity (Wildman–Crippen MR) is 88.5 cm³/mol. The number of nitrogens with zero attached hydrogens (tertiary/aromatic N) is 3. The SMILES string of the molecule is CC(CCO)CNC(=O)c1cn(C)nc1-c1ccc([N+](=O)[O-])cc1. The molecule has 0 bridgehead atoms. The van der Waals surface area contributed by atoms with Crippen molar-refractivity contribution in [3.8, 4) is 11.3 Å². The van der Waals surface area contributed by atoms with Crippen LogP contribution < -0.4 is 5.32 Å². The minimum absolute atomic E-state index is 0.0153. The van der Waals surface area contributed by atoms with Crippen molar-refractivity contribution in [2.24, 2.45) is 13.0 Å². The first-order valence-electron chi connectivity index (χ1n) is 7.60. The molecule has 2 aromatic rings. The van der Waals surface area contributed by atoms with E-state index in [9.17, 15) is 14.9 Å². The van der Waals surface area contributed by atoms with Gasteiger partial charge in [-0.05, 0) is 24.5 Å². The number of nitro groups is 1. The molecular weight excluding hydrogens is 312 g/mol. The molecule has 0 aliphatic heterocycles. The Morgan fingerprint density at radius 1 is 1.42 bits per heavy atom. The molecule has 8 nitrogen and oxygen atoms in total. The van der Waals surface area contributed by atoms with E-state index in [2.05, 4.69) is 10.4 Å². The highest BCUT2D eigenvalue weighted by atomic mass is 16.6. The number of benzene rings is 1. The van der Waals surface area contributed by atoms with E-state index in [-0.39, 0.29) is 24.1 Å². The van der Waals surface area contributed by atoms with Crippen LogP contribution in [0.3, 0.4) is 0 Å². The molecule has 128 valence electrons. The Balaban J connectivity index is 2.20. The molecule has 24 heavy (non-hydrogen) atoms. The van der Waals surface area contributed by atoms with Gasteiger partial charge in [-0.15, -0.1) is 0 Å². The fourth-order valence-corrected chi connectivity index (χ4v) is 2.29. The Labute approximate surface area is 139 Å². The summed E-state index contributed by atoms with van der Waals surface area (Å²) in [7, 11) is 1.71. The van der Waals surface area contributed by atoms with Crippen LogP contribution in [0.5, 0.6) is 0 Å². The van der Waals surface area contributed by atoms with Crippen LogP contribution in [0, 0.1) is 16.0 Å². The quantitative estimate of drug-likeness (QED) is 0.593. The number of aliphatic hydroxyl groups excluding tert-OH is 1. The number of carbonyl (C=O) groups excluding carboxylic acids is 1. The van der Waals surface area contributed by atoms with Gasteiger partial charge in [0.15, 0.2) is 0 Å². The van der Waals surface area contributed by atoms with Crippen LogP contribution in [0.2, 0.25) is 0 Å². The van der Waals surface area contributed by atoms with E-state index in [1.165, 1.54) is 16.8 Å². The molecule has 0 radical (unpaired) electrons. The van der Waals surface area contributed by atoms with Crippen LogP contribution in [-0.2, 0) is 7.05 Å². The molecule has 2 N–H and O–H groups in total. The summed E-state index contributed by atoms with van der Waals surface area (Å²) < 4.78 is 1.53. The van der Waals surface area contributed by atoms with Gasteiger partial charge in [-0.25, -0.2) is 0 Å². The number of hydrogen-bond acceptors (Lipinski definition) is 5. The first kappa shape index (κ1) is 17.6. The van der Waals surface area contributed by atoms with Crippen molar-refractivity contribution in [3.05, 3.63) is 46.1 Å². The van der Waals surface area contributed by atoms with Crippen LogP contribution in [0.4, 0.5) is 5.69 Å². The smallest absolute Gasteiger partial charge is 0.269 e. The van der Waals surface area contributed by atoms with Crippen molar-refractivity contribution in [2.75, 3.05) is 13.2 Å². The summed E-state index contributed by atoms with van der Waals surface area (Å²) in [6.07, 6.45) is 2.23. The minimum atomic E-state index is -0.474. The first-order chi connectivity index (χ1) is 11.4. The number of nitrogens with one attached hydrogen (secondary N) is 1. The number of aryl methyl sites for hydroxylation is 1. The number of amides is 1. The third-order valence-electron chi connectivity index (χ3n) is 3.66. The van der Waals surface area contributed by atoms with E-state index in [4.69, 9.17) is 5.11 Å². The average Bonchev–Trinajstić information content (AvgIpc) is 2.95. The molecule has 0 saturated carbocycles. The van der Waals surface area contributed by atoms with E-state index < -0.39 is 4.92 Å². The van der Waals surface area contributed by atoms with Crippen molar-refractivity contribution < 1.29 is 14.8 Å². The second-order valence-corrected chi connectivity index (χ2v) is 5.70. The number of nitro benzene ring substituents is 1. The largest absolute Gasteiger partial charge is 0.396 e. The van der Waals surface area contributed by atoms with Gasteiger partial charge in [0.05, 0.1) is 10.5 Å². The van der Waals surface area contributed by atoms with Crippen LogP contribution in [0.25, 0.3) is 11.3 Å². The topological polar surface area (TPSA) is 110 Å². The summed E-state index contributed by atoms with van der Waals surface area (Å²) in [5.74, 6) is -0.0975. The molecule has 0 saturated heterocycles. The average molecular weight is 332 g/mol. The van der Waals surface area contributed by atoms with Crippen molar-refractivity contribution >= 4 is 11.6 Å². The standard InChI is InChI=1S/C16H20N4O4/c1-11(7-8-21)9-17-16(22)14-10-19(2)18-15(14)12-3-5-13(6-4-12)20(23)24/h3-6,10-11,21H,7-9H2,1-2H3,(H,17,22). The van der Waals surface area contributed by atoms with Gasteiger partial charge in [0, 0.05) is 44.1 Å². The molecule has 0 aliphatic rings. The van der Waals surface area contributed by atoms with Gasteiger partial charge in [0.25, 0.3) is 11.6 Å².